The van der Waals surface area contributed by atoms with E-state index in [0.717, 1.165) is 31.2 Å². The zero-order valence-corrected chi connectivity index (χ0v) is 16.0. The number of rotatable bonds is 7. The summed E-state index contributed by atoms with van der Waals surface area (Å²) in [5.41, 5.74) is 1.47. The highest BCUT2D eigenvalue weighted by Crippen LogP contribution is 2.24. The number of piperidine rings is 1. The van der Waals surface area contributed by atoms with Gasteiger partial charge in [-0.2, -0.15) is 4.31 Å². The van der Waals surface area contributed by atoms with Crippen LogP contribution in [-0.4, -0.2) is 47.8 Å². The Morgan fingerprint density at radius 2 is 2.00 bits per heavy atom. The van der Waals surface area contributed by atoms with Gasteiger partial charge in [0.25, 0.3) is 0 Å². The molecule has 142 valence electrons. The fraction of sp³-hybridized carbons (Fsp3) is 0.556. The lowest BCUT2D eigenvalue weighted by molar-refractivity contribution is -0.121. The van der Waals surface area contributed by atoms with E-state index < -0.39 is 10.0 Å². The number of aromatic nitrogens is 2. The number of amides is 1. The molecule has 0 unspecified atom stereocenters. The maximum atomic E-state index is 12.8. The van der Waals surface area contributed by atoms with Gasteiger partial charge < -0.3 is 9.88 Å². The summed E-state index contributed by atoms with van der Waals surface area (Å²) in [5, 5.41) is 2.85. The van der Waals surface area contributed by atoms with Gasteiger partial charge in [-0.05, 0) is 37.5 Å². The van der Waals surface area contributed by atoms with E-state index in [1.807, 2.05) is 11.5 Å². The van der Waals surface area contributed by atoms with Crippen LogP contribution in [0.15, 0.2) is 29.4 Å². The third-order valence-electron chi connectivity index (χ3n) is 4.70. The van der Waals surface area contributed by atoms with Crippen molar-refractivity contribution in [2.24, 2.45) is 0 Å². The zero-order chi connectivity index (χ0) is 18.6. The first-order valence-electron chi connectivity index (χ1n) is 9.24. The van der Waals surface area contributed by atoms with E-state index in [0.29, 0.717) is 38.1 Å². The van der Waals surface area contributed by atoms with Crippen LogP contribution in [0.5, 0.6) is 0 Å². The minimum atomic E-state index is -3.46. The molecule has 3 rings (SSSR count). The first kappa shape index (κ1) is 18.8. The molecule has 0 aliphatic carbocycles. The molecule has 1 N–H and O–H groups in total. The number of aryl methyl sites for hydroxylation is 1. The summed E-state index contributed by atoms with van der Waals surface area (Å²) < 4.78 is 29.0. The maximum Gasteiger partial charge on any atom is 0.243 e. The fourth-order valence-corrected chi connectivity index (χ4v) is 4.75. The standard InChI is InChI=1S/C18H26N4O3S/c1-2-9-19-18(23)8-12-21-14-20-16-13-15(6-7-17(16)21)26(24,25)22-10-4-3-5-11-22/h6-7,13-14H,2-5,8-12H2,1H3,(H,19,23). The number of fused-ring (bicyclic) bond motifs is 1. The van der Waals surface area contributed by atoms with Gasteiger partial charge in [0.1, 0.15) is 0 Å². The van der Waals surface area contributed by atoms with Crippen LogP contribution in [0.25, 0.3) is 11.0 Å². The smallest absolute Gasteiger partial charge is 0.243 e. The van der Waals surface area contributed by atoms with Crippen LogP contribution in [0.1, 0.15) is 39.0 Å². The Morgan fingerprint density at radius 1 is 1.23 bits per heavy atom. The van der Waals surface area contributed by atoms with E-state index in [2.05, 4.69) is 10.3 Å². The van der Waals surface area contributed by atoms with Crippen molar-refractivity contribution < 1.29 is 13.2 Å². The number of hydrogen-bond donors (Lipinski definition) is 1. The van der Waals surface area contributed by atoms with Crippen LogP contribution in [0.2, 0.25) is 0 Å². The second-order valence-corrected chi connectivity index (χ2v) is 8.59. The van der Waals surface area contributed by atoms with Crippen molar-refractivity contribution in [3.05, 3.63) is 24.5 Å². The third-order valence-corrected chi connectivity index (χ3v) is 6.59. The Balaban J connectivity index is 1.75. The number of nitrogens with one attached hydrogen (secondary N) is 1. The van der Waals surface area contributed by atoms with E-state index in [-0.39, 0.29) is 10.8 Å². The molecule has 1 aliphatic heterocycles. The van der Waals surface area contributed by atoms with Gasteiger partial charge in [0.2, 0.25) is 15.9 Å². The second-order valence-electron chi connectivity index (χ2n) is 6.65. The number of benzene rings is 1. The monoisotopic (exact) mass is 378 g/mol. The average molecular weight is 378 g/mol. The molecule has 2 aromatic rings. The lowest BCUT2D eigenvalue weighted by Gasteiger charge is -2.25. The molecule has 1 saturated heterocycles. The van der Waals surface area contributed by atoms with E-state index in [4.69, 9.17) is 0 Å². The Labute approximate surface area is 154 Å². The Hall–Kier alpha value is -1.93. The van der Waals surface area contributed by atoms with Gasteiger partial charge in [0, 0.05) is 32.6 Å². The van der Waals surface area contributed by atoms with Gasteiger partial charge in [-0.15, -0.1) is 0 Å². The normalized spacial score (nSPS) is 16.0. The van der Waals surface area contributed by atoms with Gasteiger partial charge in [-0.1, -0.05) is 13.3 Å². The van der Waals surface area contributed by atoms with Crippen LogP contribution >= 0.6 is 0 Å². The number of carbonyl (C=O) groups is 1. The molecular formula is C18H26N4O3S. The predicted molar refractivity (Wildman–Crippen MR) is 100 cm³/mol. The van der Waals surface area contributed by atoms with Crippen molar-refractivity contribution in [1.29, 1.82) is 0 Å². The van der Waals surface area contributed by atoms with E-state index in [1.54, 1.807) is 28.8 Å². The summed E-state index contributed by atoms with van der Waals surface area (Å²) in [6, 6.07) is 5.05. The summed E-state index contributed by atoms with van der Waals surface area (Å²) in [6.07, 6.45) is 5.86. The molecule has 1 aromatic heterocycles. The van der Waals surface area contributed by atoms with Crippen LogP contribution in [0.3, 0.4) is 0 Å². The van der Waals surface area contributed by atoms with Crippen molar-refractivity contribution >= 4 is 27.0 Å². The lowest BCUT2D eigenvalue weighted by atomic mass is 10.2. The molecule has 0 spiro atoms. The molecule has 0 radical (unpaired) electrons. The molecule has 0 saturated carbocycles. The summed E-state index contributed by atoms with van der Waals surface area (Å²) in [7, 11) is -3.46. The van der Waals surface area contributed by atoms with Crippen molar-refractivity contribution in [2.45, 2.75) is 50.5 Å². The van der Waals surface area contributed by atoms with Crippen molar-refractivity contribution in [2.75, 3.05) is 19.6 Å². The van der Waals surface area contributed by atoms with Crippen LogP contribution in [0.4, 0.5) is 0 Å². The molecule has 0 bridgehead atoms. The van der Waals surface area contributed by atoms with Gasteiger partial charge >= 0.3 is 0 Å². The van der Waals surface area contributed by atoms with Crippen molar-refractivity contribution in [1.82, 2.24) is 19.2 Å². The molecule has 26 heavy (non-hydrogen) atoms. The summed E-state index contributed by atoms with van der Waals surface area (Å²) in [5.74, 6) is 0.0120. The Morgan fingerprint density at radius 3 is 2.73 bits per heavy atom. The summed E-state index contributed by atoms with van der Waals surface area (Å²) >= 11 is 0. The predicted octanol–water partition coefficient (Wildman–Crippen LogP) is 2.13. The Kier molecular flexibility index (Phi) is 5.93. The number of hydrogen-bond acceptors (Lipinski definition) is 4. The lowest BCUT2D eigenvalue weighted by Crippen LogP contribution is -2.35. The largest absolute Gasteiger partial charge is 0.356 e. The highest BCUT2D eigenvalue weighted by atomic mass is 32.2. The second kappa shape index (κ2) is 8.18. The number of carbonyl (C=O) groups excluding carboxylic acids is 1. The molecule has 1 fully saturated rings. The molecule has 2 heterocycles. The molecule has 0 atom stereocenters. The first-order valence-corrected chi connectivity index (χ1v) is 10.7. The minimum Gasteiger partial charge on any atom is -0.356 e. The maximum absolute atomic E-state index is 12.8. The van der Waals surface area contributed by atoms with Gasteiger partial charge in [0.05, 0.1) is 22.3 Å². The topological polar surface area (TPSA) is 84.3 Å². The average Bonchev–Trinajstić information content (AvgIpc) is 3.07. The highest BCUT2D eigenvalue weighted by molar-refractivity contribution is 7.89. The van der Waals surface area contributed by atoms with E-state index in [1.165, 1.54) is 0 Å². The molecular weight excluding hydrogens is 352 g/mol. The number of sulfonamides is 1. The fourth-order valence-electron chi connectivity index (χ4n) is 3.21. The summed E-state index contributed by atoms with van der Waals surface area (Å²) in [6.45, 7) is 4.38. The molecule has 1 aliphatic rings. The van der Waals surface area contributed by atoms with Gasteiger partial charge in [-0.3, -0.25) is 4.79 Å². The molecule has 8 heteroatoms. The molecule has 1 amide bonds. The zero-order valence-electron chi connectivity index (χ0n) is 15.1. The molecule has 7 nitrogen and oxygen atoms in total. The van der Waals surface area contributed by atoms with Crippen LogP contribution < -0.4 is 5.32 Å². The van der Waals surface area contributed by atoms with E-state index >= 15 is 0 Å². The molecule has 1 aromatic carbocycles. The Bertz CT molecular complexity index is 870. The van der Waals surface area contributed by atoms with Crippen LogP contribution in [-0.2, 0) is 21.4 Å². The number of nitrogens with zero attached hydrogens (tertiary/aromatic N) is 3. The SMILES string of the molecule is CCCNC(=O)CCn1cnc2cc(S(=O)(=O)N3CCCCC3)ccc21. The highest BCUT2D eigenvalue weighted by Gasteiger charge is 2.26. The van der Waals surface area contributed by atoms with Crippen LogP contribution in [0, 0.1) is 0 Å². The third kappa shape index (κ3) is 4.07. The van der Waals surface area contributed by atoms with Crippen molar-refractivity contribution in [3.8, 4) is 0 Å². The minimum absolute atomic E-state index is 0.0120. The number of imidazole rings is 1. The summed E-state index contributed by atoms with van der Waals surface area (Å²) in [4.78, 5) is 16.4. The van der Waals surface area contributed by atoms with Gasteiger partial charge in [0.15, 0.2) is 0 Å². The van der Waals surface area contributed by atoms with Crippen molar-refractivity contribution in [3.63, 3.8) is 0 Å². The van der Waals surface area contributed by atoms with E-state index in [9.17, 15) is 13.2 Å². The quantitative estimate of drug-likeness (QED) is 0.800. The van der Waals surface area contributed by atoms with Gasteiger partial charge in [-0.25, -0.2) is 13.4 Å². The first-order chi connectivity index (χ1) is 12.5.